The molecule has 1 heterocycles. The van der Waals surface area contributed by atoms with E-state index in [9.17, 15) is 5.11 Å². The van der Waals surface area contributed by atoms with Crippen molar-refractivity contribution in [3.8, 4) is 0 Å². The molecular weight excluding hydrogens is 232 g/mol. The third kappa shape index (κ3) is 3.15. The second kappa shape index (κ2) is 5.76. The molecule has 0 aromatic heterocycles. The number of aliphatic hydroxyl groups is 1. The Balaban J connectivity index is 2.10. The Morgan fingerprint density at radius 2 is 2.35 bits per heavy atom. The fraction of sp³-hybridized carbons (Fsp3) is 0.538. The van der Waals surface area contributed by atoms with Crippen molar-refractivity contribution in [1.82, 2.24) is 0 Å². The molecule has 0 saturated carbocycles. The van der Waals surface area contributed by atoms with Crippen molar-refractivity contribution in [2.45, 2.75) is 23.8 Å². The summed E-state index contributed by atoms with van der Waals surface area (Å²) in [5.41, 5.74) is 8.03. The molecule has 0 saturated heterocycles. The van der Waals surface area contributed by atoms with Crippen LogP contribution in [0.15, 0.2) is 23.1 Å². The van der Waals surface area contributed by atoms with E-state index in [1.165, 1.54) is 34.7 Å². The monoisotopic (exact) mass is 252 g/mol. The van der Waals surface area contributed by atoms with E-state index in [1.807, 2.05) is 18.8 Å². The van der Waals surface area contributed by atoms with Gasteiger partial charge in [-0.15, -0.1) is 11.8 Å². The lowest BCUT2D eigenvalue weighted by Crippen LogP contribution is -2.34. The van der Waals surface area contributed by atoms with Crippen LogP contribution in [-0.4, -0.2) is 37.1 Å². The van der Waals surface area contributed by atoms with Gasteiger partial charge in [0, 0.05) is 30.7 Å². The van der Waals surface area contributed by atoms with Gasteiger partial charge in [0.05, 0.1) is 6.10 Å². The van der Waals surface area contributed by atoms with E-state index in [1.54, 1.807) is 0 Å². The summed E-state index contributed by atoms with van der Waals surface area (Å²) in [6, 6.07) is 6.56. The lowest BCUT2D eigenvalue weighted by Gasteiger charge is -2.24. The maximum absolute atomic E-state index is 9.56. The summed E-state index contributed by atoms with van der Waals surface area (Å²) >= 11 is 1.94. The summed E-state index contributed by atoms with van der Waals surface area (Å²) in [5, 5.41) is 9.56. The number of fused-ring (bicyclic) bond motifs is 1. The first-order chi connectivity index (χ1) is 8.20. The fourth-order valence-corrected chi connectivity index (χ4v) is 3.10. The Kier molecular flexibility index (Phi) is 4.31. The lowest BCUT2D eigenvalue weighted by atomic mass is 10.1. The number of benzene rings is 1. The number of anilines is 1. The van der Waals surface area contributed by atoms with Crippen LogP contribution in [-0.2, 0) is 6.42 Å². The molecule has 94 valence electrons. The number of nitrogens with two attached hydrogens (primary N) is 1. The minimum Gasteiger partial charge on any atom is -0.390 e. The molecule has 1 aliphatic rings. The summed E-state index contributed by atoms with van der Waals surface area (Å²) in [5.74, 6) is 1.23. The maximum Gasteiger partial charge on any atom is 0.0836 e. The summed E-state index contributed by atoms with van der Waals surface area (Å²) < 4.78 is 0. The second-order valence-electron chi connectivity index (χ2n) is 4.51. The fourth-order valence-electron chi connectivity index (χ4n) is 2.08. The molecule has 1 unspecified atom stereocenters. The van der Waals surface area contributed by atoms with Crippen molar-refractivity contribution in [3.63, 3.8) is 0 Å². The molecule has 17 heavy (non-hydrogen) atoms. The van der Waals surface area contributed by atoms with Crippen molar-refractivity contribution >= 4 is 17.4 Å². The molecule has 0 spiro atoms. The highest BCUT2D eigenvalue weighted by molar-refractivity contribution is 7.99. The third-order valence-electron chi connectivity index (χ3n) is 3.09. The molecule has 0 bridgehead atoms. The predicted octanol–water partition coefficient (Wildman–Crippen LogP) is 1.48. The normalized spacial score (nSPS) is 16.4. The van der Waals surface area contributed by atoms with Crippen LogP contribution >= 0.6 is 11.8 Å². The Labute approximate surface area is 107 Å². The molecule has 1 aliphatic heterocycles. The number of likely N-dealkylation sites (N-methyl/N-ethyl adjacent to an activating group) is 1. The minimum absolute atomic E-state index is 0.311. The number of rotatable bonds is 4. The first kappa shape index (κ1) is 12.7. The standard InChI is InChI=1S/C13H20N2OS/c1-15(9-12(16)8-14)11-4-5-13-10(7-11)3-2-6-17-13/h4-5,7,12,16H,2-3,6,8-9,14H2,1H3. The van der Waals surface area contributed by atoms with Crippen molar-refractivity contribution < 1.29 is 5.11 Å². The molecule has 0 amide bonds. The molecule has 0 radical (unpaired) electrons. The van der Waals surface area contributed by atoms with Crippen LogP contribution in [0.5, 0.6) is 0 Å². The van der Waals surface area contributed by atoms with Crippen LogP contribution < -0.4 is 10.6 Å². The molecule has 1 aromatic rings. The number of nitrogens with zero attached hydrogens (tertiary/aromatic N) is 1. The number of hydrogen-bond donors (Lipinski definition) is 2. The van der Waals surface area contributed by atoms with E-state index in [4.69, 9.17) is 5.73 Å². The third-order valence-corrected chi connectivity index (χ3v) is 4.29. The highest BCUT2D eigenvalue weighted by Gasteiger charge is 2.12. The van der Waals surface area contributed by atoms with Crippen molar-refractivity contribution in [2.75, 3.05) is 30.8 Å². The molecule has 4 heteroatoms. The number of hydrogen-bond acceptors (Lipinski definition) is 4. The van der Waals surface area contributed by atoms with Gasteiger partial charge in [0.1, 0.15) is 0 Å². The van der Waals surface area contributed by atoms with E-state index in [-0.39, 0.29) is 0 Å². The Morgan fingerprint density at radius 3 is 3.12 bits per heavy atom. The smallest absolute Gasteiger partial charge is 0.0836 e. The van der Waals surface area contributed by atoms with E-state index >= 15 is 0 Å². The van der Waals surface area contributed by atoms with Gasteiger partial charge in [-0.1, -0.05) is 0 Å². The Hall–Kier alpha value is -0.710. The number of thioether (sulfide) groups is 1. The summed E-state index contributed by atoms with van der Waals surface area (Å²) in [6.07, 6.45) is 1.98. The summed E-state index contributed by atoms with van der Waals surface area (Å²) in [7, 11) is 2.00. The second-order valence-corrected chi connectivity index (χ2v) is 5.65. The van der Waals surface area contributed by atoms with Gasteiger partial charge in [-0.2, -0.15) is 0 Å². The highest BCUT2D eigenvalue weighted by atomic mass is 32.2. The van der Waals surface area contributed by atoms with E-state index in [0.717, 1.165) is 0 Å². The van der Waals surface area contributed by atoms with Crippen LogP contribution in [0.1, 0.15) is 12.0 Å². The molecule has 1 atom stereocenters. The Bertz CT molecular complexity index is 384. The maximum atomic E-state index is 9.56. The number of aliphatic hydroxyl groups excluding tert-OH is 1. The van der Waals surface area contributed by atoms with Gasteiger partial charge in [-0.3, -0.25) is 0 Å². The molecule has 3 nitrogen and oxygen atoms in total. The molecule has 0 fully saturated rings. The number of aryl methyl sites for hydroxylation is 1. The molecule has 1 aromatic carbocycles. The van der Waals surface area contributed by atoms with Crippen molar-refractivity contribution in [2.24, 2.45) is 5.73 Å². The van der Waals surface area contributed by atoms with Gasteiger partial charge >= 0.3 is 0 Å². The van der Waals surface area contributed by atoms with E-state index in [2.05, 4.69) is 23.1 Å². The summed E-state index contributed by atoms with van der Waals surface area (Å²) in [6.45, 7) is 0.896. The highest BCUT2D eigenvalue weighted by Crippen LogP contribution is 2.32. The van der Waals surface area contributed by atoms with Crippen LogP contribution in [0.4, 0.5) is 5.69 Å². The van der Waals surface area contributed by atoms with Gasteiger partial charge in [-0.05, 0) is 42.4 Å². The zero-order chi connectivity index (χ0) is 12.3. The molecular formula is C13H20N2OS. The SMILES string of the molecule is CN(CC(O)CN)c1ccc2c(c1)CCCS2. The minimum atomic E-state index is -0.453. The van der Waals surface area contributed by atoms with Gasteiger partial charge in [0.25, 0.3) is 0 Å². The molecule has 2 rings (SSSR count). The van der Waals surface area contributed by atoms with Gasteiger partial charge in [-0.25, -0.2) is 0 Å². The zero-order valence-corrected chi connectivity index (χ0v) is 11.0. The van der Waals surface area contributed by atoms with Gasteiger partial charge in [0.2, 0.25) is 0 Å². The zero-order valence-electron chi connectivity index (χ0n) is 10.2. The van der Waals surface area contributed by atoms with Crippen molar-refractivity contribution in [3.05, 3.63) is 23.8 Å². The summed E-state index contributed by atoms with van der Waals surface area (Å²) in [4.78, 5) is 3.48. The van der Waals surface area contributed by atoms with E-state index in [0.29, 0.717) is 13.1 Å². The average Bonchev–Trinajstić information content (AvgIpc) is 2.38. The topological polar surface area (TPSA) is 49.5 Å². The van der Waals surface area contributed by atoms with Crippen molar-refractivity contribution in [1.29, 1.82) is 0 Å². The van der Waals surface area contributed by atoms with Gasteiger partial charge in [0.15, 0.2) is 0 Å². The van der Waals surface area contributed by atoms with Crippen LogP contribution in [0.25, 0.3) is 0 Å². The lowest BCUT2D eigenvalue weighted by molar-refractivity contribution is 0.189. The van der Waals surface area contributed by atoms with Gasteiger partial charge < -0.3 is 15.7 Å². The Morgan fingerprint density at radius 1 is 1.53 bits per heavy atom. The first-order valence-corrected chi connectivity index (χ1v) is 7.04. The predicted molar refractivity (Wildman–Crippen MR) is 73.8 cm³/mol. The quantitative estimate of drug-likeness (QED) is 0.852. The van der Waals surface area contributed by atoms with Crippen LogP contribution in [0, 0.1) is 0 Å². The largest absolute Gasteiger partial charge is 0.390 e. The molecule has 3 N–H and O–H groups in total. The van der Waals surface area contributed by atoms with Crippen LogP contribution in [0.2, 0.25) is 0 Å². The van der Waals surface area contributed by atoms with Crippen LogP contribution in [0.3, 0.4) is 0 Å². The first-order valence-electron chi connectivity index (χ1n) is 6.05. The average molecular weight is 252 g/mol. The molecule has 0 aliphatic carbocycles. The van der Waals surface area contributed by atoms with E-state index < -0.39 is 6.10 Å².